The molecule has 4 heteroatoms. The first-order valence-electron chi connectivity index (χ1n) is 10.4. The second-order valence-electron chi connectivity index (χ2n) is 7.92. The van der Waals surface area contributed by atoms with Crippen LogP contribution in [0.25, 0.3) is 11.0 Å². The molecular formula is C25H26N4. The van der Waals surface area contributed by atoms with Crippen LogP contribution in [0.1, 0.15) is 29.9 Å². The average Bonchev–Trinajstić information content (AvgIpc) is 3.34. The number of aromatic nitrogens is 2. The van der Waals surface area contributed by atoms with Gasteiger partial charge in [-0.15, -0.1) is 0 Å². The molecule has 1 aliphatic heterocycles. The molecule has 29 heavy (non-hydrogen) atoms. The molecule has 0 fully saturated rings. The number of aryl methyl sites for hydroxylation is 2. The van der Waals surface area contributed by atoms with Gasteiger partial charge in [0, 0.05) is 13.0 Å². The van der Waals surface area contributed by atoms with Crippen LogP contribution in [0.4, 0.5) is 5.69 Å². The normalized spacial score (nSPS) is 16.5. The van der Waals surface area contributed by atoms with Crippen LogP contribution in [0.15, 0.2) is 78.9 Å². The predicted molar refractivity (Wildman–Crippen MR) is 119 cm³/mol. The molecule has 3 aromatic carbocycles. The lowest BCUT2D eigenvalue weighted by molar-refractivity contribution is 0.411. The maximum atomic E-state index is 5.01. The van der Waals surface area contributed by atoms with Crippen LogP contribution in [-0.2, 0) is 19.4 Å². The van der Waals surface area contributed by atoms with E-state index in [4.69, 9.17) is 4.98 Å². The SMILES string of the molecule is CC(Cc1nc2ccccc2n1CCc1ccccc1)C1NNc2ccccc21. The van der Waals surface area contributed by atoms with Crippen LogP contribution in [0.2, 0.25) is 0 Å². The van der Waals surface area contributed by atoms with E-state index in [1.807, 2.05) is 0 Å². The molecule has 4 nitrogen and oxygen atoms in total. The fraction of sp³-hybridized carbons (Fsp3) is 0.240. The first kappa shape index (κ1) is 18.0. The Labute approximate surface area is 171 Å². The highest BCUT2D eigenvalue weighted by Crippen LogP contribution is 2.34. The number of hydrogen-bond acceptors (Lipinski definition) is 3. The number of benzene rings is 3. The minimum absolute atomic E-state index is 0.286. The summed E-state index contributed by atoms with van der Waals surface area (Å²) in [5.74, 6) is 1.58. The number of imidazole rings is 1. The lowest BCUT2D eigenvalue weighted by Crippen LogP contribution is -2.26. The lowest BCUT2D eigenvalue weighted by atomic mass is 9.92. The van der Waals surface area contributed by atoms with Crippen molar-refractivity contribution in [2.45, 2.75) is 32.4 Å². The molecule has 0 amide bonds. The van der Waals surface area contributed by atoms with Crippen molar-refractivity contribution >= 4 is 16.7 Å². The monoisotopic (exact) mass is 382 g/mol. The molecule has 0 saturated heterocycles. The summed E-state index contributed by atoms with van der Waals surface area (Å²) in [4.78, 5) is 5.01. The molecule has 4 aromatic rings. The van der Waals surface area contributed by atoms with Crippen LogP contribution in [0, 0.1) is 5.92 Å². The molecule has 0 saturated carbocycles. The standard InChI is InChI=1S/C25H26N4/c1-18(25-20-11-5-6-12-21(20)27-28-25)17-24-26-22-13-7-8-14-23(22)29(24)16-15-19-9-3-2-4-10-19/h2-14,18,25,27-28H,15-17H2,1H3. The smallest absolute Gasteiger partial charge is 0.110 e. The Morgan fingerprint density at radius 3 is 2.59 bits per heavy atom. The van der Waals surface area contributed by atoms with Crippen molar-refractivity contribution in [2.75, 3.05) is 5.43 Å². The Morgan fingerprint density at radius 1 is 0.931 bits per heavy atom. The number of nitrogens with zero attached hydrogens (tertiary/aromatic N) is 2. The number of hydrogen-bond donors (Lipinski definition) is 2. The summed E-state index contributed by atoms with van der Waals surface area (Å²) >= 11 is 0. The third kappa shape index (κ3) is 3.52. The van der Waals surface area contributed by atoms with Gasteiger partial charge in [-0.25, -0.2) is 10.4 Å². The van der Waals surface area contributed by atoms with E-state index in [0.29, 0.717) is 5.92 Å². The molecule has 1 aliphatic rings. The Kier molecular flexibility index (Phi) is 4.78. The molecular weight excluding hydrogens is 356 g/mol. The highest BCUT2D eigenvalue weighted by atomic mass is 15.4. The maximum Gasteiger partial charge on any atom is 0.110 e. The van der Waals surface area contributed by atoms with Crippen LogP contribution >= 0.6 is 0 Å². The molecule has 1 aromatic heterocycles. The van der Waals surface area contributed by atoms with E-state index in [1.54, 1.807) is 0 Å². The van der Waals surface area contributed by atoms with Gasteiger partial charge in [-0.3, -0.25) is 0 Å². The summed E-state index contributed by atoms with van der Waals surface area (Å²) in [5.41, 5.74) is 13.0. The highest BCUT2D eigenvalue weighted by molar-refractivity contribution is 5.76. The maximum absolute atomic E-state index is 5.01. The van der Waals surface area contributed by atoms with Crippen LogP contribution in [0.3, 0.4) is 0 Å². The number of hydrazine groups is 1. The first-order valence-corrected chi connectivity index (χ1v) is 10.4. The van der Waals surface area contributed by atoms with Gasteiger partial charge >= 0.3 is 0 Å². The molecule has 2 unspecified atom stereocenters. The minimum atomic E-state index is 0.286. The highest BCUT2D eigenvalue weighted by Gasteiger charge is 2.28. The van der Waals surface area contributed by atoms with Gasteiger partial charge in [0.1, 0.15) is 5.82 Å². The Balaban J connectivity index is 1.42. The Bertz CT molecular complexity index is 1120. The molecule has 2 N–H and O–H groups in total. The van der Waals surface area contributed by atoms with E-state index in [-0.39, 0.29) is 6.04 Å². The first-order chi connectivity index (χ1) is 14.3. The number of nitrogens with one attached hydrogen (secondary N) is 2. The molecule has 0 bridgehead atoms. The Hall–Kier alpha value is -3.11. The van der Waals surface area contributed by atoms with E-state index < -0.39 is 0 Å². The largest absolute Gasteiger partial charge is 0.328 e. The predicted octanol–water partition coefficient (Wildman–Crippen LogP) is 5.13. The molecule has 2 atom stereocenters. The summed E-state index contributed by atoms with van der Waals surface area (Å²) in [6.45, 7) is 3.25. The molecule has 0 spiro atoms. The summed E-state index contributed by atoms with van der Waals surface area (Å²) in [5, 5.41) is 0. The van der Waals surface area contributed by atoms with Gasteiger partial charge in [0.25, 0.3) is 0 Å². The van der Waals surface area contributed by atoms with Crippen molar-refractivity contribution in [3.63, 3.8) is 0 Å². The fourth-order valence-corrected chi connectivity index (χ4v) is 4.39. The van der Waals surface area contributed by atoms with Gasteiger partial charge < -0.3 is 9.99 Å². The summed E-state index contributed by atoms with van der Waals surface area (Å²) in [7, 11) is 0. The molecule has 2 heterocycles. The van der Waals surface area contributed by atoms with Crippen molar-refractivity contribution in [3.8, 4) is 0 Å². The van der Waals surface area contributed by atoms with Crippen LogP contribution in [-0.4, -0.2) is 9.55 Å². The second kappa shape index (κ2) is 7.72. The quantitative estimate of drug-likeness (QED) is 0.486. The second-order valence-corrected chi connectivity index (χ2v) is 7.92. The van der Waals surface area contributed by atoms with Crippen molar-refractivity contribution in [3.05, 3.63) is 95.8 Å². The summed E-state index contributed by atoms with van der Waals surface area (Å²) in [6, 6.07) is 28.0. The van der Waals surface area contributed by atoms with Crippen LogP contribution < -0.4 is 10.9 Å². The van der Waals surface area contributed by atoms with E-state index >= 15 is 0 Å². The zero-order valence-electron chi connectivity index (χ0n) is 16.7. The fourth-order valence-electron chi connectivity index (χ4n) is 4.39. The minimum Gasteiger partial charge on any atom is -0.328 e. The van der Waals surface area contributed by atoms with Gasteiger partial charge in [0.05, 0.1) is 22.8 Å². The summed E-state index contributed by atoms with van der Waals surface area (Å²) < 4.78 is 2.41. The Morgan fingerprint density at radius 2 is 1.69 bits per heavy atom. The van der Waals surface area contributed by atoms with E-state index in [9.17, 15) is 0 Å². The van der Waals surface area contributed by atoms with Crippen molar-refractivity contribution < 1.29 is 0 Å². The van der Waals surface area contributed by atoms with Crippen molar-refractivity contribution in [1.29, 1.82) is 0 Å². The molecule has 0 aliphatic carbocycles. The zero-order chi connectivity index (χ0) is 19.6. The van der Waals surface area contributed by atoms with E-state index in [2.05, 4.69) is 101 Å². The zero-order valence-corrected chi connectivity index (χ0v) is 16.7. The van der Waals surface area contributed by atoms with Gasteiger partial charge in [-0.2, -0.15) is 0 Å². The van der Waals surface area contributed by atoms with Gasteiger partial charge in [-0.1, -0.05) is 67.6 Å². The van der Waals surface area contributed by atoms with Gasteiger partial charge in [-0.05, 0) is 41.7 Å². The third-order valence-electron chi connectivity index (χ3n) is 5.93. The average molecular weight is 383 g/mol. The lowest BCUT2D eigenvalue weighted by Gasteiger charge is -2.20. The van der Waals surface area contributed by atoms with E-state index in [1.165, 1.54) is 28.2 Å². The van der Waals surface area contributed by atoms with Gasteiger partial charge in [0.2, 0.25) is 0 Å². The van der Waals surface area contributed by atoms with E-state index in [0.717, 1.165) is 24.9 Å². The van der Waals surface area contributed by atoms with Crippen molar-refractivity contribution in [1.82, 2.24) is 15.0 Å². The number of anilines is 1. The molecule has 0 radical (unpaired) electrons. The van der Waals surface area contributed by atoms with Crippen molar-refractivity contribution in [2.24, 2.45) is 5.92 Å². The van der Waals surface area contributed by atoms with Gasteiger partial charge in [0.15, 0.2) is 0 Å². The topological polar surface area (TPSA) is 41.9 Å². The molecule has 5 rings (SSSR count). The summed E-state index contributed by atoms with van der Waals surface area (Å²) in [6.07, 6.45) is 1.94. The number of fused-ring (bicyclic) bond motifs is 2. The van der Waals surface area contributed by atoms with Crippen LogP contribution in [0.5, 0.6) is 0 Å². The number of para-hydroxylation sites is 3. The number of rotatable bonds is 6. The molecule has 146 valence electrons. The third-order valence-corrected chi connectivity index (χ3v) is 5.93.